The van der Waals surface area contributed by atoms with Crippen LogP contribution in [-0.4, -0.2) is 45.8 Å². The Morgan fingerprint density at radius 1 is 1.02 bits per heavy atom. The second kappa shape index (κ2) is 13.7. The molecule has 46 heavy (non-hydrogen) atoms. The highest BCUT2D eigenvalue weighted by atomic mass is 32.1. The molecule has 0 unspecified atom stereocenters. The normalized spacial score (nSPS) is 14.0. The fourth-order valence-electron chi connectivity index (χ4n) is 4.92. The van der Waals surface area contributed by atoms with Crippen molar-refractivity contribution >= 4 is 55.9 Å². The van der Waals surface area contributed by atoms with Crippen LogP contribution in [0.4, 0.5) is 33.2 Å². The molecule has 240 valence electrons. The molecule has 5 rings (SSSR count). The number of anilines is 2. The van der Waals surface area contributed by atoms with Crippen molar-refractivity contribution in [3.63, 3.8) is 0 Å². The summed E-state index contributed by atoms with van der Waals surface area (Å²) in [6.07, 6.45) is -0.156. The third kappa shape index (κ3) is 7.69. The van der Waals surface area contributed by atoms with Crippen molar-refractivity contribution in [2.24, 2.45) is 0 Å². The maximum absolute atomic E-state index is 14.5. The zero-order valence-electron chi connectivity index (χ0n) is 24.1. The number of thiazole rings is 1. The van der Waals surface area contributed by atoms with E-state index in [1.807, 2.05) is 12.1 Å². The summed E-state index contributed by atoms with van der Waals surface area (Å²) in [6, 6.07) is 13.9. The Kier molecular flexibility index (Phi) is 9.68. The summed E-state index contributed by atoms with van der Waals surface area (Å²) < 4.78 is 54.1. The van der Waals surface area contributed by atoms with Crippen molar-refractivity contribution < 1.29 is 42.2 Å². The number of hydrogen-bond donors (Lipinski definition) is 4. The van der Waals surface area contributed by atoms with Crippen molar-refractivity contribution in [1.82, 2.24) is 10.3 Å². The Bertz CT molecular complexity index is 1790. The largest absolute Gasteiger partial charge is 0.479 e. The van der Waals surface area contributed by atoms with Crippen molar-refractivity contribution in [2.45, 2.75) is 44.5 Å². The van der Waals surface area contributed by atoms with E-state index >= 15 is 0 Å². The van der Waals surface area contributed by atoms with Gasteiger partial charge in [-0.3, -0.25) is 15.0 Å². The highest BCUT2D eigenvalue weighted by Gasteiger charge is 2.32. The number of carbonyl (C=O) groups is 3. The Morgan fingerprint density at radius 3 is 2.37 bits per heavy atom. The number of aliphatic hydroxyl groups is 1. The molecule has 0 saturated carbocycles. The van der Waals surface area contributed by atoms with Crippen LogP contribution >= 0.6 is 11.3 Å². The third-order valence-corrected chi connectivity index (χ3v) is 8.29. The van der Waals surface area contributed by atoms with Crippen LogP contribution in [0.2, 0.25) is 0 Å². The number of fused-ring (bicyclic) bond motifs is 1. The summed E-state index contributed by atoms with van der Waals surface area (Å²) in [5.41, 5.74) is 2.06. The number of aliphatic carboxylic acids is 1. The van der Waals surface area contributed by atoms with E-state index in [-0.39, 0.29) is 27.5 Å². The fourth-order valence-corrected chi connectivity index (χ4v) is 5.83. The molecular formula is C32H28F4N4O5S. The van der Waals surface area contributed by atoms with Gasteiger partial charge in [-0.25, -0.2) is 19.0 Å². The van der Waals surface area contributed by atoms with E-state index < -0.39 is 48.1 Å². The standard InChI is InChI=1S/C32H28F4N4O5S/c33-24-14-22(32(34,35)36)15-26-27(24)38-30(46-26)39-31(45)40(23-12-10-20(11-13-23)19-4-2-1-3-5-19)17-18-6-8-21(9-7-18)28(42)37-16-25(41)29(43)44/h4,6-15,25,41H,1-3,5,16-17H2,(H,37,42)(H,43,44)(H,38,39,45)/t25-/m1/s1. The molecule has 14 heteroatoms. The van der Waals surface area contributed by atoms with Gasteiger partial charge in [-0.15, -0.1) is 0 Å². The van der Waals surface area contributed by atoms with Crippen LogP contribution in [0.3, 0.4) is 0 Å². The molecule has 1 heterocycles. The SMILES string of the molecule is O=C(NC[C@@H](O)C(=O)O)c1ccc(CN(C(=O)Nc2nc3c(F)cc(C(F)(F)F)cc3s2)c2ccc(C3=CCCCC3)cc2)cc1. The number of aromatic nitrogens is 1. The molecule has 4 N–H and O–H groups in total. The molecule has 1 aliphatic rings. The van der Waals surface area contributed by atoms with Gasteiger partial charge in [-0.1, -0.05) is 41.7 Å². The minimum atomic E-state index is -4.75. The van der Waals surface area contributed by atoms with Gasteiger partial charge in [0.05, 0.1) is 23.4 Å². The molecule has 3 amide bonds. The number of urea groups is 1. The summed E-state index contributed by atoms with van der Waals surface area (Å²) in [5.74, 6) is -3.24. The predicted octanol–water partition coefficient (Wildman–Crippen LogP) is 6.83. The van der Waals surface area contributed by atoms with Gasteiger partial charge < -0.3 is 15.5 Å². The number of amides is 3. The van der Waals surface area contributed by atoms with Gasteiger partial charge in [0.25, 0.3) is 5.91 Å². The molecule has 0 bridgehead atoms. The molecule has 0 radical (unpaired) electrons. The number of carbonyl (C=O) groups excluding carboxylic acids is 2. The first-order valence-corrected chi connectivity index (χ1v) is 15.0. The average Bonchev–Trinajstić information content (AvgIpc) is 3.45. The quantitative estimate of drug-likeness (QED) is 0.146. The van der Waals surface area contributed by atoms with Crippen molar-refractivity contribution in [2.75, 3.05) is 16.8 Å². The van der Waals surface area contributed by atoms with Crippen LogP contribution in [-0.2, 0) is 17.5 Å². The average molecular weight is 657 g/mol. The van der Waals surface area contributed by atoms with Gasteiger partial charge in [-0.2, -0.15) is 13.2 Å². The van der Waals surface area contributed by atoms with Gasteiger partial charge in [0.15, 0.2) is 17.1 Å². The molecule has 0 spiro atoms. The van der Waals surface area contributed by atoms with Gasteiger partial charge in [0.1, 0.15) is 5.52 Å². The van der Waals surface area contributed by atoms with Crippen LogP contribution in [0.15, 0.2) is 66.7 Å². The summed E-state index contributed by atoms with van der Waals surface area (Å²) in [6.45, 7) is -0.477. The first-order chi connectivity index (χ1) is 21.9. The Morgan fingerprint density at radius 2 is 1.74 bits per heavy atom. The Balaban J connectivity index is 1.39. The summed E-state index contributed by atoms with van der Waals surface area (Å²) in [4.78, 5) is 42.2. The lowest BCUT2D eigenvalue weighted by Crippen LogP contribution is -2.36. The van der Waals surface area contributed by atoms with Crippen molar-refractivity contribution in [3.05, 3.63) is 94.8 Å². The van der Waals surface area contributed by atoms with Crippen LogP contribution in [0.1, 0.15) is 52.7 Å². The first kappa shape index (κ1) is 32.6. The number of carboxylic acid groups (broad SMARTS) is 1. The number of allylic oxidation sites excluding steroid dienone is 2. The monoisotopic (exact) mass is 656 g/mol. The lowest BCUT2D eigenvalue weighted by atomic mass is 9.93. The fraction of sp³-hybridized carbons (Fsp3) is 0.250. The highest BCUT2D eigenvalue weighted by Crippen LogP contribution is 2.36. The van der Waals surface area contributed by atoms with E-state index in [9.17, 15) is 37.1 Å². The molecule has 3 aromatic carbocycles. The minimum Gasteiger partial charge on any atom is -0.479 e. The molecular weight excluding hydrogens is 628 g/mol. The van der Waals surface area contributed by atoms with E-state index in [0.717, 1.165) is 37.3 Å². The zero-order chi connectivity index (χ0) is 33.0. The van der Waals surface area contributed by atoms with E-state index in [1.54, 1.807) is 24.3 Å². The smallest absolute Gasteiger partial charge is 0.416 e. The highest BCUT2D eigenvalue weighted by molar-refractivity contribution is 7.22. The van der Waals surface area contributed by atoms with E-state index in [4.69, 9.17) is 5.11 Å². The number of alkyl halides is 3. The number of rotatable bonds is 9. The molecule has 9 nitrogen and oxygen atoms in total. The van der Waals surface area contributed by atoms with Gasteiger partial charge >= 0.3 is 18.2 Å². The van der Waals surface area contributed by atoms with Crippen LogP contribution in [0.5, 0.6) is 0 Å². The molecule has 0 aliphatic heterocycles. The van der Waals surface area contributed by atoms with E-state index in [1.165, 1.54) is 22.6 Å². The number of halogens is 4. The summed E-state index contributed by atoms with van der Waals surface area (Å²) in [5, 5.41) is 23.0. The Hall–Kier alpha value is -4.82. The third-order valence-electron chi connectivity index (χ3n) is 7.37. The molecule has 0 saturated heterocycles. The maximum Gasteiger partial charge on any atom is 0.416 e. The number of nitrogens with zero attached hydrogens (tertiary/aromatic N) is 2. The minimum absolute atomic E-state index is 0.00494. The number of carboxylic acids is 1. The molecule has 4 aromatic rings. The first-order valence-electron chi connectivity index (χ1n) is 14.2. The van der Waals surface area contributed by atoms with Crippen LogP contribution in [0, 0.1) is 5.82 Å². The summed E-state index contributed by atoms with van der Waals surface area (Å²) in [7, 11) is 0. The van der Waals surface area contributed by atoms with Crippen molar-refractivity contribution in [3.8, 4) is 0 Å². The van der Waals surface area contributed by atoms with Crippen LogP contribution < -0.4 is 15.5 Å². The van der Waals surface area contributed by atoms with Gasteiger partial charge in [0.2, 0.25) is 0 Å². The van der Waals surface area contributed by atoms with Crippen molar-refractivity contribution in [1.29, 1.82) is 0 Å². The Labute approximate surface area is 264 Å². The zero-order valence-corrected chi connectivity index (χ0v) is 24.9. The molecule has 1 aliphatic carbocycles. The van der Waals surface area contributed by atoms with E-state index in [0.29, 0.717) is 28.7 Å². The number of hydrogen-bond acceptors (Lipinski definition) is 6. The predicted molar refractivity (Wildman–Crippen MR) is 165 cm³/mol. The second-order valence-electron chi connectivity index (χ2n) is 10.6. The van der Waals surface area contributed by atoms with E-state index in [2.05, 4.69) is 21.7 Å². The topological polar surface area (TPSA) is 132 Å². The number of aliphatic hydroxyl groups excluding tert-OH is 1. The van der Waals surface area contributed by atoms with Gasteiger partial charge in [-0.05, 0) is 78.8 Å². The maximum atomic E-state index is 14.5. The summed E-state index contributed by atoms with van der Waals surface area (Å²) >= 11 is 0.707. The number of benzene rings is 3. The number of nitrogens with one attached hydrogen (secondary N) is 2. The van der Waals surface area contributed by atoms with Crippen LogP contribution in [0.25, 0.3) is 15.8 Å². The van der Waals surface area contributed by atoms with Gasteiger partial charge in [0, 0.05) is 11.3 Å². The second-order valence-corrected chi connectivity index (χ2v) is 11.7. The lowest BCUT2D eigenvalue weighted by molar-refractivity contribution is -0.146. The molecule has 1 atom stereocenters. The molecule has 0 fully saturated rings. The lowest BCUT2D eigenvalue weighted by Gasteiger charge is -2.23. The molecule has 1 aromatic heterocycles.